The molecule has 4 aliphatic rings. The molecule has 0 N–H and O–H groups in total. The first-order valence-electron chi connectivity index (χ1n) is 11.8. The predicted molar refractivity (Wildman–Crippen MR) is 115 cm³/mol. The van der Waals surface area contributed by atoms with E-state index in [4.69, 9.17) is 4.74 Å². The average Bonchev–Trinajstić information content (AvgIpc) is 3.24. The normalized spacial score (nSPS) is 30.5. The van der Waals surface area contributed by atoms with Crippen molar-refractivity contribution in [3.8, 4) is 0 Å². The lowest BCUT2D eigenvalue weighted by Crippen LogP contribution is -2.58. The van der Waals surface area contributed by atoms with E-state index in [0.29, 0.717) is 45.3 Å². The van der Waals surface area contributed by atoms with Gasteiger partial charge in [-0.2, -0.15) is 0 Å². The van der Waals surface area contributed by atoms with Gasteiger partial charge in [0.1, 0.15) is 0 Å². The van der Waals surface area contributed by atoms with Crippen molar-refractivity contribution >= 4 is 11.8 Å². The molecule has 5 nitrogen and oxygen atoms in total. The van der Waals surface area contributed by atoms with E-state index in [2.05, 4.69) is 12.1 Å². The quantitative estimate of drug-likeness (QED) is 0.764. The number of hydrogen-bond acceptors (Lipinski definition) is 3. The minimum Gasteiger partial charge on any atom is -0.379 e. The summed E-state index contributed by atoms with van der Waals surface area (Å²) >= 11 is 0. The Hall–Kier alpha value is -1.88. The second-order valence-corrected chi connectivity index (χ2v) is 10.2. The van der Waals surface area contributed by atoms with E-state index in [1.54, 1.807) is 0 Å². The van der Waals surface area contributed by atoms with Gasteiger partial charge >= 0.3 is 0 Å². The van der Waals surface area contributed by atoms with Crippen LogP contribution < -0.4 is 0 Å². The van der Waals surface area contributed by atoms with Gasteiger partial charge in [-0.3, -0.25) is 9.59 Å². The highest BCUT2D eigenvalue weighted by atomic mass is 16.5. The monoisotopic (exact) mass is 410 g/mol. The number of benzene rings is 1. The topological polar surface area (TPSA) is 49.9 Å². The van der Waals surface area contributed by atoms with Crippen molar-refractivity contribution in [3.05, 3.63) is 35.4 Å². The highest BCUT2D eigenvalue weighted by Gasteiger charge is 2.44. The van der Waals surface area contributed by atoms with Crippen LogP contribution >= 0.6 is 0 Å². The Bertz CT molecular complexity index is 793. The summed E-state index contributed by atoms with van der Waals surface area (Å²) in [6.45, 7) is 5.44. The summed E-state index contributed by atoms with van der Waals surface area (Å²) in [7, 11) is 0. The van der Waals surface area contributed by atoms with Crippen LogP contribution in [0.15, 0.2) is 24.3 Å². The Morgan fingerprint density at radius 2 is 1.57 bits per heavy atom. The van der Waals surface area contributed by atoms with Gasteiger partial charge in [0.25, 0.3) is 5.91 Å². The molecule has 1 aromatic rings. The Morgan fingerprint density at radius 3 is 2.23 bits per heavy atom. The molecular formula is C25H34N2O3. The zero-order valence-electron chi connectivity index (χ0n) is 18.1. The Morgan fingerprint density at radius 1 is 0.900 bits per heavy atom. The summed E-state index contributed by atoms with van der Waals surface area (Å²) in [5.41, 5.74) is 1.82. The first-order chi connectivity index (χ1) is 14.5. The average molecular weight is 411 g/mol. The van der Waals surface area contributed by atoms with Crippen LogP contribution in [-0.4, -0.2) is 61.0 Å². The summed E-state index contributed by atoms with van der Waals surface area (Å²) in [4.78, 5) is 29.4. The van der Waals surface area contributed by atoms with Crippen LogP contribution in [0.25, 0.3) is 0 Å². The van der Waals surface area contributed by atoms with Gasteiger partial charge < -0.3 is 14.5 Å². The third-order valence-electron chi connectivity index (χ3n) is 8.13. The maximum Gasteiger partial charge on any atom is 0.253 e. The molecule has 4 fully saturated rings. The molecule has 2 saturated heterocycles. The van der Waals surface area contributed by atoms with Crippen molar-refractivity contribution < 1.29 is 14.3 Å². The van der Waals surface area contributed by atoms with E-state index < -0.39 is 0 Å². The van der Waals surface area contributed by atoms with Gasteiger partial charge in [-0.25, -0.2) is 0 Å². The van der Waals surface area contributed by atoms with Crippen molar-refractivity contribution in [2.45, 2.75) is 51.4 Å². The molecular weight excluding hydrogens is 376 g/mol. The van der Waals surface area contributed by atoms with Crippen LogP contribution in [0.4, 0.5) is 0 Å². The summed E-state index contributed by atoms with van der Waals surface area (Å²) in [5, 5.41) is 0. The van der Waals surface area contributed by atoms with Gasteiger partial charge in [0.05, 0.1) is 18.6 Å². The third-order valence-corrected chi connectivity index (χ3v) is 8.13. The summed E-state index contributed by atoms with van der Waals surface area (Å²) < 4.78 is 5.23. The van der Waals surface area contributed by atoms with Gasteiger partial charge in [0.15, 0.2) is 0 Å². The molecule has 2 amide bonds. The zero-order valence-corrected chi connectivity index (χ0v) is 18.1. The fraction of sp³-hybridized carbons (Fsp3) is 0.680. The molecule has 2 saturated carbocycles. The second kappa shape index (κ2) is 7.99. The fourth-order valence-corrected chi connectivity index (χ4v) is 6.11. The number of piperazine rings is 1. The maximum atomic E-state index is 13.0. The van der Waals surface area contributed by atoms with Crippen LogP contribution in [0.3, 0.4) is 0 Å². The van der Waals surface area contributed by atoms with Crippen molar-refractivity contribution in [1.29, 1.82) is 0 Å². The van der Waals surface area contributed by atoms with E-state index in [1.165, 1.54) is 44.1 Å². The first kappa shape index (κ1) is 20.0. The number of carbonyl (C=O) groups excluding carboxylic acids is 2. The number of nitrogens with zero attached hydrogens (tertiary/aromatic N) is 2. The molecule has 3 atom stereocenters. The summed E-state index contributed by atoms with van der Waals surface area (Å²) in [6.07, 6.45) is 8.28. The number of rotatable bonds is 3. The van der Waals surface area contributed by atoms with E-state index in [9.17, 15) is 9.59 Å². The number of carbonyl (C=O) groups is 2. The summed E-state index contributed by atoms with van der Waals surface area (Å²) in [5.74, 6) is 2.83. The van der Waals surface area contributed by atoms with E-state index in [0.717, 1.165) is 17.4 Å². The number of amides is 2. The standard InChI is InChI=1S/C25H34N2O3/c1-25(16-30-17-25)24(29)27-13-11-26(12-14-27)23(28)20-8-5-19(6-9-20)22-10-7-18-3-2-4-21(18)15-22/h5-6,8-9,18,21-22H,2-4,7,10-17H2,1H3. The molecule has 2 aliphatic heterocycles. The SMILES string of the molecule is CC1(C(=O)N2CCN(C(=O)c3ccc(C4CCC5CCCC5C4)cc3)CC2)COC1. The molecule has 0 spiro atoms. The van der Waals surface area contributed by atoms with Gasteiger partial charge in [0.2, 0.25) is 5.91 Å². The van der Waals surface area contributed by atoms with Gasteiger partial charge in [-0.15, -0.1) is 0 Å². The number of fused-ring (bicyclic) bond motifs is 1. The minimum atomic E-state index is -0.361. The van der Waals surface area contributed by atoms with Crippen LogP contribution in [0.2, 0.25) is 0 Å². The first-order valence-corrected chi connectivity index (χ1v) is 11.8. The molecule has 1 aromatic carbocycles. The van der Waals surface area contributed by atoms with E-state index >= 15 is 0 Å². The van der Waals surface area contributed by atoms with Crippen molar-refractivity contribution in [2.24, 2.45) is 17.3 Å². The Labute approximate surface area is 179 Å². The maximum absolute atomic E-state index is 13.0. The number of hydrogen-bond donors (Lipinski definition) is 0. The minimum absolute atomic E-state index is 0.0892. The Kier molecular flexibility index (Phi) is 5.34. The van der Waals surface area contributed by atoms with Crippen LogP contribution in [0.1, 0.15) is 67.3 Å². The molecule has 5 rings (SSSR count). The van der Waals surface area contributed by atoms with Gasteiger partial charge in [0, 0.05) is 31.7 Å². The molecule has 2 heterocycles. The molecule has 5 heteroatoms. The van der Waals surface area contributed by atoms with Gasteiger partial charge in [-0.1, -0.05) is 31.4 Å². The molecule has 0 radical (unpaired) electrons. The number of ether oxygens (including phenoxy) is 1. The molecule has 0 bridgehead atoms. The summed E-state index contributed by atoms with van der Waals surface area (Å²) in [6, 6.07) is 8.40. The lowest BCUT2D eigenvalue weighted by atomic mass is 9.73. The fourth-order valence-electron chi connectivity index (χ4n) is 6.11. The highest BCUT2D eigenvalue weighted by molar-refractivity contribution is 5.94. The third kappa shape index (κ3) is 3.66. The smallest absolute Gasteiger partial charge is 0.253 e. The lowest BCUT2D eigenvalue weighted by Gasteiger charge is -2.43. The Balaban J connectivity index is 1.16. The van der Waals surface area contributed by atoms with Gasteiger partial charge in [-0.05, 0) is 61.6 Å². The molecule has 3 unspecified atom stereocenters. The van der Waals surface area contributed by atoms with Crippen molar-refractivity contribution in [2.75, 3.05) is 39.4 Å². The predicted octanol–water partition coefficient (Wildman–Crippen LogP) is 3.69. The molecule has 30 heavy (non-hydrogen) atoms. The van der Waals surface area contributed by atoms with E-state index in [1.807, 2.05) is 28.9 Å². The van der Waals surface area contributed by atoms with Crippen molar-refractivity contribution in [3.63, 3.8) is 0 Å². The largest absolute Gasteiger partial charge is 0.379 e. The van der Waals surface area contributed by atoms with Crippen LogP contribution in [0.5, 0.6) is 0 Å². The van der Waals surface area contributed by atoms with E-state index in [-0.39, 0.29) is 17.2 Å². The second-order valence-electron chi connectivity index (χ2n) is 10.2. The lowest BCUT2D eigenvalue weighted by molar-refractivity contribution is -0.170. The van der Waals surface area contributed by atoms with Crippen molar-refractivity contribution in [1.82, 2.24) is 9.80 Å². The zero-order chi connectivity index (χ0) is 20.7. The molecule has 0 aromatic heterocycles. The van der Waals surface area contributed by atoms with Crippen LogP contribution in [0, 0.1) is 17.3 Å². The highest BCUT2D eigenvalue weighted by Crippen LogP contribution is 2.47. The molecule has 162 valence electrons. The molecule has 2 aliphatic carbocycles. The van der Waals surface area contributed by atoms with Crippen LogP contribution in [-0.2, 0) is 9.53 Å².